The molecule has 0 saturated carbocycles. The summed E-state index contributed by atoms with van der Waals surface area (Å²) in [5.74, 6) is -1.20. The van der Waals surface area contributed by atoms with Crippen molar-refractivity contribution in [3.05, 3.63) is 35.9 Å². The van der Waals surface area contributed by atoms with Crippen molar-refractivity contribution < 1.29 is 33.5 Å². The van der Waals surface area contributed by atoms with Gasteiger partial charge in [0.1, 0.15) is 12.2 Å². The van der Waals surface area contributed by atoms with Crippen molar-refractivity contribution in [3.8, 4) is 0 Å². The van der Waals surface area contributed by atoms with Crippen LogP contribution in [0.15, 0.2) is 30.3 Å². The molecule has 28 heavy (non-hydrogen) atoms. The van der Waals surface area contributed by atoms with Gasteiger partial charge in [0.15, 0.2) is 0 Å². The van der Waals surface area contributed by atoms with Crippen LogP contribution in [-0.4, -0.2) is 47.4 Å². The summed E-state index contributed by atoms with van der Waals surface area (Å²) in [7, 11) is 0. The number of alkyl carbamates (subject to hydrolysis) is 1. The van der Waals surface area contributed by atoms with Gasteiger partial charge in [0.2, 0.25) is 0 Å². The van der Waals surface area contributed by atoms with E-state index in [4.69, 9.17) is 9.47 Å². The Kier molecular flexibility index (Phi) is 6.97. The van der Waals surface area contributed by atoms with Crippen LogP contribution in [0.1, 0.15) is 39.2 Å². The van der Waals surface area contributed by atoms with Gasteiger partial charge >= 0.3 is 12.2 Å². The van der Waals surface area contributed by atoms with Gasteiger partial charge in [-0.2, -0.15) is 0 Å². The van der Waals surface area contributed by atoms with Gasteiger partial charge in [-0.05, 0) is 32.8 Å². The molecule has 0 spiro atoms. The molecule has 2 rings (SSSR count). The van der Waals surface area contributed by atoms with E-state index in [2.05, 4.69) is 10.2 Å². The lowest BCUT2D eigenvalue weighted by Crippen LogP contribution is -2.43. The van der Waals surface area contributed by atoms with Gasteiger partial charge < -0.3 is 14.8 Å². The SMILES string of the molecule is CC(C)(C)OC(=O)N[C@@H](COC(=O)ON1C(=O)CCC1=O)Cc1ccccc1. The second-order valence-electron chi connectivity index (χ2n) is 7.27. The highest BCUT2D eigenvalue weighted by molar-refractivity contribution is 6.01. The zero-order valence-corrected chi connectivity index (χ0v) is 16.1. The summed E-state index contributed by atoms with van der Waals surface area (Å²) in [6.45, 7) is 4.97. The minimum atomic E-state index is -1.20. The number of imide groups is 1. The van der Waals surface area contributed by atoms with Gasteiger partial charge in [0.25, 0.3) is 11.8 Å². The summed E-state index contributed by atoms with van der Waals surface area (Å²) < 4.78 is 10.2. The number of carbonyl (C=O) groups excluding carboxylic acids is 4. The number of carbonyl (C=O) groups is 4. The molecule has 1 N–H and O–H groups in total. The Labute approximate surface area is 162 Å². The second kappa shape index (κ2) is 9.20. The van der Waals surface area contributed by atoms with Gasteiger partial charge in [0, 0.05) is 12.8 Å². The van der Waals surface area contributed by atoms with Gasteiger partial charge in [0.05, 0.1) is 6.04 Å². The minimum absolute atomic E-state index is 0.0110. The van der Waals surface area contributed by atoms with E-state index < -0.39 is 35.7 Å². The third-order valence-corrected chi connectivity index (χ3v) is 3.62. The fourth-order valence-corrected chi connectivity index (χ4v) is 2.45. The number of hydroxylamine groups is 2. The van der Waals surface area contributed by atoms with Gasteiger partial charge in [-0.1, -0.05) is 35.4 Å². The maximum Gasteiger partial charge on any atom is 0.534 e. The van der Waals surface area contributed by atoms with Crippen molar-refractivity contribution in [1.29, 1.82) is 0 Å². The fraction of sp³-hybridized carbons (Fsp3) is 0.474. The van der Waals surface area contributed by atoms with Crippen LogP contribution in [0, 0.1) is 0 Å². The number of benzene rings is 1. The zero-order valence-electron chi connectivity index (χ0n) is 16.1. The molecule has 1 fully saturated rings. The van der Waals surface area contributed by atoms with E-state index in [-0.39, 0.29) is 19.4 Å². The Hall–Kier alpha value is -3.10. The highest BCUT2D eigenvalue weighted by Crippen LogP contribution is 2.13. The van der Waals surface area contributed by atoms with Crippen molar-refractivity contribution in [2.24, 2.45) is 0 Å². The molecule has 0 aromatic heterocycles. The molecule has 1 heterocycles. The predicted octanol–water partition coefficient (Wildman–Crippen LogP) is 2.34. The van der Waals surface area contributed by atoms with Crippen molar-refractivity contribution in [1.82, 2.24) is 10.4 Å². The molecule has 9 heteroatoms. The Morgan fingerprint density at radius 1 is 1.11 bits per heavy atom. The molecule has 1 saturated heterocycles. The number of hydrogen-bond acceptors (Lipinski definition) is 7. The highest BCUT2D eigenvalue weighted by atomic mass is 16.8. The topological polar surface area (TPSA) is 111 Å². The average Bonchev–Trinajstić information content (AvgIpc) is 2.91. The first-order chi connectivity index (χ1) is 13.1. The lowest BCUT2D eigenvalue weighted by atomic mass is 10.1. The van der Waals surface area contributed by atoms with Crippen LogP contribution in [-0.2, 0) is 30.3 Å². The van der Waals surface area contributed by atoms with Crippen LogP contribution in [0.4, 0.5) is 9.59 Å². The molecule has 1 aromatic carbocycles. The Bertz CT molecular complexity index is 712. The summed E-state index contributed by atoms with van der Waals surface area (Å²) in [6.07, 6.45) is -1.51. The van der Waals surface area contributed by atoms with Crippen LogP contribution < -0.4 is 5.32 Å². The van der Waals surface area contributed by atoms with E-state index in [0.717, 1.165) is 5.56 Å². The molecular weight excluding hydrogens is 368 g/mol. The summed E-state index contributed by atoms with van der Waals surface area (Å²) in [5.41, 5.74) is 0.225. The first kappa shape index (κ1) is 21.2. The molecule has 0 radical (unpaired) electrons. The predicted molar refractivity (Wildman–Crippen MR) is 96.8 cm³/mol. The normalized spacial score (nSPS) is 15.2. The van der Waals surface area contributed by atoms with E-state index in [1.807, 2.05) is 30.3 Å². The van der Waals surface area contributed by atoms with E-state index in [0.29, 0.717) is 11.5 Å². The third-order valence-electron chi connectivity index (χ3n) is 3.62. The molecule has 1 atom stereocenters. The number of amides is 3. The molecule has 0 unspecified atom stereocenters. The van der Waals surface area contributed by atoms with Crippen LogP contribution >= 0.6 is 0 Å². The number of rotatable bonds is 6. The summed E-state index contributed by atoms with van der Waals surface area (Å²) in [4.78, 5) is 51.5. The monoisotopic (exact) mass is 392 g/mol. The Morgan fingerprint density at radius 3 is 2.29 bits per heavy atom. The van der Waals surface area contributed by atoms with Gasteiger partial charge in [-0.3, -0.25) is 14.4 Å². The highest BCUT2D eigenvalue weighted by Gasteiger charge is 2.33. The first-order valence-electron chi connectivity index (χ1n) is 8.88. The maximum absolute atomic E-state index is 12.1. The van der Waals surface area contributed by atoms with E-state index >= 15 is 0 Å². The Morgan fingerprint density at radius 2 is 1.71 bits per heavy atom. The largest absolute Gasteiger partial charge is 0.534 e. The lowest BCUT2D eigenvalue weighted by Gasteiger charge is -2.23. The quantitative estimate of drug-likeness (QED) is 0.584. The molecule has 1 aliphatic heterocycles. The second-order valence-corrected chi connectivity index (χ2v) is 7.27. The van der Waals surface area contributed by atoms with Crippen molar-refractivity contribution in [3.63, 3.8) is 0 Å². The molecule has 0 bridgehead atoms. The average molecular weight is 392 g/mol. The number of nitrogens with zero attached hydrogens (tertiary/aromatic N) is 1. The van der Waals surface area contributed by atoms with Crippen LogP contribution in [0.25, 0.3) is 0 Å². The van der Waals surface area contributed by atoms with Crippen molar-refractivity contribution in [2.45, 2.75) is 51.7 Å². The first-order valence-corrected chi connectivity index (χ1v) is 8.88. The molecule has 9 nitrogen and oxygen atoms in total. The van der Waals surface area contributed by atoms with Gasteiger partial charge in [-0.25, -0.2) is 9.59 Å². The summed E-state index contributed by atoms with van der Waals surface area (Å²) >= 11 is 0. The van der Waals surface area contributed by atoms with E-state index in [1.54, 1.807) is 20.8 Å². The fourth-order valence-electron chi connectivity index (χ4n) is 2.45. The molecule has 152 valence electrons. The van der Waals surface area contributed by atoms with Crippen LogP contribution in [0.2, 0.25) is 0 Å². The summed E-state index contributed by atoms with van der Waals surface area (Å²) in [6, 6.07) is 8.68. The standard InChI is InChI=1S/C19H24N2O7/c1-19(2,3)27-17(24)20-14(11-13-7-5-4-6-8-13)12-26-18(25)28-21-15(22)9-10-16(21)23/h4-8,14H,9-12H2,1-3H3,(H,20,24)/t14-/m1/s1. The smallest absolute Gasteiger partial charge is 0.444 e. The van der Waals surface area contributed by atoms with Crippen molar-refractivity contribution in [2.75, 3.05) is 6.61 Å². The molecule has 0 aliphatic carbocycles. The van der Waals surface area contributed by atoms with E-state index in [1.165, 1.54) is 0 Å². The Balaban J connectivity index is 1.94. The van der Waals surface area contributed by atoms with Gasteiger partial charge in [-0.15, -0.1) is 0 Å². The third kappa shape index (κ3) is 6.90. The molecule has 1 aliphatic rings. The number of nitrogens with one attached hydrogen (secondary N) is 1. The minimum Gasteiger partial charge on any atom is -0.444 e. The number of ether oxygens (including phenoxy) is 2. The molecule has 1 aromatic rings. The zero-order chi connectivity index (χ0) is 20.7. The number of hydrogen-bond donors (Lipinski definition) is 1. The molecule has 3 amide bonds. The molecular formula is C19H24N2O7. The van der Waals surface area contributed by atoms with Crippen LogP contribution in [0.5, 0.6) is 0 Å². The maximum atomic E-state index is 12.1. The lowest BCUT2D eigenvalue weighted by molar-refractivity contribution is -0.177. The summed E-state index contributed by atoms with van der Waals surface area (Å²) in [5, 5.41) is 3.05. The van der Waals surface area contributed by atoms with Crippen LogP contribution in [0.3, 0.4) is 0 Å². The van der Waals surface area contributed by atoms with E-state index in [9.17, 15) is 19.2 Å². The van der Waals surface area contributed by atoms with Crippen molar-refractivity contribution >= 4 is 24.1 Å².